The Bertz CT molecular complexity index is 756. The predicted molar refractivity (Wildman–Crippen MR) is 92.9 cm³/mol. The van der Waals surface area contributed by atoms with E-state index in [0.717, 1.165) is 10.4 Å². The lowest BCUT2D eigenvalue weighted by molar-refractivity contribution is -0.138. The number of hydrogen-bond acceptors (Lipinski definition) is 4. The van der Waals surface area contributed by atoms with Crippen LogP contribution < -0.4 is 0 Å². The topological polar surface area (TPSA) is 26.3 Å². The molecule has 3 rings (SSSR count). The van der Waals surface area contributed by atoms with E-state index < -0.39 is 0 Å². The molecule has 2 aromatic heterocycles. The molecule has 0 atom stereocenters. The summed E-state index contributed by atoms with van der Waals surface area (Å²) in [6.07, 6.45) is 3.28. The second-order valence-corrected chi connectivity index (χ2v) is 6.54. The first-order chi connectivity index (χ1) is 10.8. The molecular weight excluding hydrogens is 312 g/mol. The third-order valence-corrected chi connectivity index (χ3v) is 4.82. The molecule has 0 saturated heterocycles. The van der Waals surface area contributed by atoms with E-state index in [1.807, 2.05) is 36.4 Å². The molecule has 0 fully saturated rings. The van der Waals surface area contributed by atoms with Gasteiger partial charge in [0, 0.05) is 21.4 Å². The first kappa shape index (κ1) is 14.8. The van der Waals surface area contributed by atoms with Gasteiger partial charge in [-0.1, -0.05) is 30.3 Å². The molecule has 22 heavy (non-hydrogen) atoms. The minimum absolute atomic E-state index is 0.300. The summed E-state index contributed by atoms with van der Waals surface area (Å²) < 4.78 is 5.21. The summed E-state index contributed by atoms with van der Waals surface area (Å²) in [5.74, 6) is -0.325. The molecule has 0 bridgehead atoms. The van der Waals surface area contributed by atoms with Gasteiger partial charge < -0.3 is 4.74 Å². The number of benzene rings is 1. The van der Waals surface area contributed by atoms with E-state index in [0.29, 0.717) is 6.61 Å². The van der Waals surface area contributed by atoms with E-state index in [9.17, 15) is 4.79 Å². The third-order valence-electron chi connectivity index (χ3n) is 3.04. The highest BCUT2D eigenvalue weighted by molar-refractivity contribution is 7.16. The second kappa shape index (κ2) is 7.20. The van der Waals surface area contributed by atoms with Crippen molar-refractivity contribution in [1.82, 2.24) is 0 Å². The molecule has 1 aromatic carbocycles. The Morgan fingerprint density at radius 2 is 1.95 bits per heavy atom. The highest BCUT2D eigenvalue weighted by atomic mass is 32.1. The number of hydrogen-bond donors (Lipinski definition) is 0. The average Bonchev–Trinajstić information content (AvgIpc) is 3.22. The van der Waals surface area contributed by atoms with Crippen LogP contribution in [0.3, 0.4) is 0 Å². The summed E-state index contributed by atoms with van der Waals surface area (Å²) in [7, 11) is 0. The van der Waals surface area contributed by atoms with Crippen molar-refractivity contribution >= 4 is 34.7 Å². The molecule has 0 saturated carbocycles. The lowest BCUT2D eigenvalue weighted by Crippen LogP contribution is -2.00. The van der Waals surface area contributed by atoms with E-state index in [-0.39, 0.29) is 5.97 Å². The van der Waals surface area contributed by atoms with Crippen molar-refractivity contribution in [3.05, 3.63) is 75.8 Å². The second-order valence-electron chi connectivity index (χ2n) is 4.64. The van der Waals surface area contributed by atoms with Crippen LogP contribution in [0.25, 0.3) is 16.5 Å². The van der Waals surface area contributed by atoms with Crippen molar-refractivity contribution in [3.8, 4) is 10.4 Å². The van der Waals surface area contributed by atoms with Crippen LogP contribution in [0, 0.1) is 0 Å². The van der Waals surface area contributed by atoms with E-state index in [4.69, 9.17) is 4.74 Å². The van der Waals surface area contributed by atoms with Crippen LogP contribution in [-0.4, -0.2) is 5.97 Å². The zero-order chi connectivity index (χ0) is 15.2. The Morgan fingerprint density at radius 1 is 1.09 bits per heavy atom. The number of thiophene rings is 2. The molecule has 0 radical (unpaired) electrons. The van der Waals surface area contributed by atoms with Gasteiger partial charge in [-0.2, -0.15) is 11.3 Å². The highest BCUT2D eigenvalue weighted by Crippen LogP contribution is 2.30. The third kappa shape index (κ3) is 3.93. The van der Waals surface area contributed by atoms with Crippen LogP contribution in [0.15, 0.2) is 65.4 Å². The summed E-state index contributed by atoms with van der Waals surface area (Å²) in [4.78, 5) is 14.0. The van der Waals surface area contributed by atoms with Crippen molar-refractivity contribution in [3.63, 3.8) is 0 Å². The van der Waals surface area contributed by atoms with Crippen LogP contribution >= 0.6 is 22.7 Å². The van der Waals surface area contributed by atoms with E-state index in [2.05, 4.69) is 22.9 Å². The Labute approximate surface area is 137 Å². The Hall–Kier alpha value is -2.17. The normalized spacial score (nSPS) is 10.9. The highest BCUT2D eigenvalue weighted by Gasteiger charge is 2.02. The molecule has 3 aromatic rings. The fourth-order valence-corrected chi connectivity index (χ4v) is 3.57. The first-order valence-electron chi connectivity index (χ1n) is 6.82. The monoisotopic (exact) mass is 326 g/mol. The van der Waals surface area contributed by atoms with Crippen molar-refractivity contribution in [2.75, 3.05) is 0 Å². The van der Waals surface area contributed by atoms with Gasteiger partial charge in [0.25, 0.3) is 0 Å². The zero-order valence-electron chi connectivity index (χ0n) is 11.8. The molecule has 0 aliphatic heterocycles. The molecule has 0 aliphatic carbocycles. The lowest BCUT2D eigenvalue weighted by atomic mass is 10.2. The minimum Gasteiger partial charge on any atom is -0.458 e. The summed E-state index contributed by atoms with van der Waals surface area (Å²) in [5, 5.41) is 4.18. The van der Waals surface area contributed by atoms with Crippen molar-refractivity contribution in [2.45, 2.75) is 6.61 Å². The predicted octanol–water partition coefficient (Wildman–Crippen LogP) is 5.23. The van der Waals surface area contributed by atoms with Gasteiger partial charge in [0.2, 0.25) is 0 Å². The average molecular weight is 326 g/mol. The van der Waals surface area contributed by atoms with Crippen LogP contribution in [0.1, 0.15) is 10.4 Å². The van der Waals surface area contributed by atoms with Gasteiger partial charge in [0.15, 0.2) is 0 Å². The fourth-order valence-electron chi connectivity index (χ4n) is 1.93. The summed E-state index contributed by atoms with van der Waals surface area (Å²) >= 11 is 3.34. The van der Waals surface area contributed by atoms with Crippen molar-refractivity contribution in [1.29, 1.82) is 0 Å². The standard InChI is InChI=1S/C18H14O2S2/c19-18(20-12-14-4-2-1-3-5-14)9-7-16-6-8-17(22-16)15-10-11-21-13-15/h1-11,13H,12H2/b9-7+. The Kier molecular flexibility index (Phi) is 4.83. The van der Waals surface area contributed by atoms with Crippen LogP contribution in [0.5, 0.6) is 0 Å². The molecule has 0 N–H and O–H groups in total. The molecule has 2 nitrogen and oxygen atoms in total. The van der Waals surface area contributed by atoms with Gasteiger partial charge >= 0.3 is 5.97 Å². The molecule has 0 spiro atoms. The van der Waals surface area contributed by atoms with Gasteiger partial charge in [-0.05, 0) is 40.6 Å². The minimum atomic E-state index is -0.325. The largest absolute Gasteiger partial charge is 0.458 e. The van der Waals surface area contributed by atoms with Crippen molar-refractivity contribution < 1.29 is 9.53 Å². The first-order valence-corrected chi connectivity index (χ1v) is 8.58. The van der Waals surface area contributed by atoms with E-state index >= 15 is 0 Å². The van der Waals surface area contributed by atoms with Crippen LogP contribution in [0.2, 0.25) is 0 Å². The van der Waals surface area contributed by atoms with Gasteiger partial charge in [0.1, 0.15) is 6.61 Å². The molecular formula is C18H14O2S2. The van der Waals surface area contributed by atoms with Crippen LogP contribution in [-0.2, 0) is 16.1 Å². The Morgan fingerprint density at radius 3 is 2.73 bits per heavy atom. The number of carbonyl (C=O) groups excluding carboxylic acids is 1. The SMILES string of the molecule is O=C(/C=C/c1ccc(-c2ccsc2)s1)OCc1ccccc1. The van der Waals surface area contributed by atoms with Crippen molar-refractivity contribution in [2.24, 2.45) is 0 Å². The van der Waals surface area contributed by atoms with Gasteiger partial charge in [0.05, 0.1) is 0 Å². The molecule has 2 heterocycles. The summed E-state index contributed by atoms with van der Waals surface area (Å²) in [5.41, 5.74) is 2.21. The number of rotatable bonds is 5. The fraction of sp³-hybridized carbons (Fsp3) is 0.0556. The number of ether oxygens (including phenoxy) is 1. The van der Waals surface area contributed by atoms with Crippen LogP contribution in [0.4, 0.5) is 0 Å². The maximum atomic E-state index is 11.7. The van der Waals surface area contributed by atoms with Gasteiger partial charge in [-0.15, -0.1) is 11.3 Å². The smallest absolute Gasteiger partial charge is 0.331 e. The van der Waals surface area contributed by atoms with E-state index in [1.165, 1.54) is 16.5 Å². The maximum absolute atomic E-state index is 11.7. The van der Waals surface area contributed by atoms with Gasteiger partial charge in [-0.25, -0.2) is 4.79 Å². The molecule has 0 unspecified atom stereocenters. The molecule has 0 amide bonds. The number of esters is 1. The molecule has 0 aliphatic rings. The molecule has 110 valence electrons. The molecule has 4 heteroatoms. The summed E-state index contributed by atoms with van der Waals surface area (Å²) in [6, 6.07) is 15.8. The van der Waals surface area contributed by atoms with E-state index in [1.54, 1.807) is 28.7 Å². The quantitative estimate of drug-likeness (QED) is 0.474. The lowest BCUT2D eigenvalue weighted by Gasteiger charge is -2.01. The maximum Gasteiger partial charge on any atom is 0.331 e. The van der Waals surface area contributed by atoms with Gasteiger partial charge in [-0.3, -0.25) is 0 Å². The number of carbonyl (C=O) groups is 1. The zero-order valence-corrected chi connectivity index (χ0v) is 13.4. The summed E-state index contributed by atoms with van der Waals surface area (Å²) in [6.45, 7) is 0.300. The Balaban J connectivity index is 1.56.